The van der Waals surface area contributed by atoms with Crippen molar-refractivity contribution >= 4 is 5.91 Å². The summed E-state index contributed by atoms with van der Waals surface area (Å²) in [5.74, 6) is -0.152. The van der Waals surface area contributed by atoms with Crippen LogP contribution < -0.4 is 5.32 Å². The summed E-state index contributed by atoms with van der Waals surface area (Å²) in [5.41, 5.74) is 2.01. The molecule has 2 rings (SSSR count). The third-order valence-electron chi connectivity index (χ3n) is 3.62. The quantitative estimate of drug-likeness (QED) is 0.864. The van der Waals surface area contributed by atoms with Gasteiger partial charge in [0.2, 0.25) is 0 Å². The SMILES string of the molecule is CCc1nnc(C)cc1C(=O)N[C@H]1CCCC[C@@H]1O. The van der Waals surface area contributed by atoms with E-state index < -0.39 is 6.10 Å². The molecule has 5 heteroatoms. The fraction of sp³-hybridized carbons (Fsp3) is 0.643. The van der Waals surface area contributed by atoms with Crippen LogP contribution >= 0.6 is 0 Å². The summed E-state index contributed by atoms with van der Waals surface area (Å²) in [6, 6.07) is 1.62. The molecule has 1 aromatic heterocycles. The molecular formula is C14H21N3O2. The predicted molar refractivity (Wildman–Crippen MR) is 71.9 cm³/mol. The molecule has 1 aliphatic rings. The predicted octanol–water partition coefficient (Wildman–Crippen LogP) is 1.38. The number of carbonyl (C=O) groups excluding carboxylic acids is 1. The molecule has 2 N–H and O–H groups in total. The minimum absolute atomic E-state index is 0.139. The van der Waals surface area contributed by atoms with Gasteiger partial charge in [-0.3, -0.25) is 4.79 Å². The van der Waals surface area contributed by atoms with Gasteiger partial charge in [0.25, 0.3) is 5.91 Å². The first kappa shape index (κ1) is 13.9. The zero-order chi connectivity index (χ0) is 13.8. The highest BCUT2D eigenvalue weighted by Gasteiger charge is 2.25. The minimum atomic E-state index is -0.432. The third-order valence-corrected chi connectivity index (χ3v) is 3.62. The number of carbonyl (C=O) groups is 1. The fourth-order valence-electron chi connectivity index (χ4n) is 2.50. The summed E-state index contributed by atoms with van der Waals surface area (Å²) < 4.78 is 0. The van der Waals surface area contributed by atoms with E-state index in [4.69, 9.17) is 0 Å². The Morgan fingerprint density at radius 2 is 2.16 bits per heavy atom. The molecule has 0 saturated heterocycles. The van der Waals surface area contributed by atoms with Crippen LogP contribution in [0.3, 0.4) is 0 Å². The average Bonchev–Trinajstić information content (AvgIpc) is 2.41. The number of nitrogens with one attached hydrogen (secondary N) is 1. The lowest BCUT2D eigenvalue weighted by Gasteiger charge is -2.28. The standard InChI is InChI=1S/C14H21N3O2/c1-3-11-10(8-9(2)16-17-11)14(19)15-12-6-4-5-7-13(12)18/h8,12-13,18H,3-7H2,1-2H3,(H,15,19)/t12-,13-/m0/s1. The van der Waals surface area contributed by atoms with Crippen molar-refractivity contribution in [3.63, 3.8) is 0 Å². The zero-order valence-corrected chi connectivity index (χ0v) is 11.5. The van der Waals surface area contributed by atoms with E-state index >= 15 is 0 Å². The largest absolute Gasteiger partial charge is 0.391 e. The Bertz CT molecular complexity index is 462. The molecule has 2 atom stereocenters. The zero-order valence-electron chi connectivity index (χ0n) is 11.5. The molecule has 5 nitrogen and oxygen atoms in total. The molecule has 1 heterocycles. The highest BCUT2D eigenvalue weighted by Crippen LogP contribution is 2.19. The normalized spacial score (nSPS) is 23.1. The number of amides is 1. The fourth-order valence-corrected chi connectivity index (χ4v) is 2.50. The number of aryl methyl sites for hydroxylation is 2. The van der Waals surface area contributed by atoms with Crippen molar-refractivity contribution < 1.29 is 9.90 Å². The van der Waals surface area contributed by atoms with Crippen LogP contribution in [-0.4, -0.2) is 33.4 Å². The van der Waals surface area contributed by atoms with E-state index in [0.29, 0.717) is 17.7 Å². The number of aromatic nitrogens is 2. The van der Waals surface area contributed by atoms with Gasteiger partial charge < -0.3 is 10.4 Å². The molecular weight excluding hydrogens is 242 g/mol. The van der Waals surface area contributed by atoms with E-state index in [0.717, 1.165) is 31.4 Å². The second-order valence-corrected chi connectivity index (χ2v) is 5.13. The van der Waals surface area contributed by atoms with Crippen LogP contribution in [0.15, 0.2) is 6.07 Å². The maximum Gasteiger partial charge on any atom is 0.253 e. The van der Waals surface area contributed by atoms with Gasteiger partial charge in [-0.1, -0.05) is 19.8 Å². The molecule has 1 aromatic rings. The molecule has 0 spiro atoms. The minimum Gasteiger partial charge on any atom is -0.391 e. The van der Waals surface area contributed by atoms with E-state index in [9.17, 15) is 9.90 Å². The first-order valence-corrected chi connectivity index (χ1v) is 6.94. The Kier molecular flexibility index (Phi) is 4.47. The topological polar surface area (TPSA) is 75.1 Å². The molecule has 1 amide bonds. The van der Waals surface area contributed by atoms with Crippen molar-refractivity contribution in [1.29, 1.82) is 0 Å². The molecule has 0 aliphatic heterocycles. The van der Waals surface area contributed by atoms with Gasteiger partial charge in [-0.2, -0.15) is 10.2 Å². The average molecular weight is 263 g/mol. The lowest BCUT2D eigenvalue weighted by molar-refractivity contribution is 0.0716. The molecule has 0 bridgehead atoms. The number of hydrogen-bond donors (Lipinski definition) is 2. The molecule has 0 unspecified atom stereocenters. The van der Waals surface area contributed by atoms with Crippen LogP contribution in [0.2, 0.25) is 0 Å². The van der Waals surface area contributed by atoms with Crippen LogP contribution in [-0.2, 0) is 6.42 Å². The lowest BCUT2D eigenvalue weighted by Crippen LogP contribution is -2.45. The Labute approximate surface area is 113 Å². The molecule has 0 radical (unpaired) electrons. The van der Waals surface area contributed by atoms with Crippen molar-refractivity contribution in [2.45, 2.75) is 58.1 Å². The maximum absolute atomic E-state index is 12.3. The van der Waals surface area contributed by atoms with Gasteiger partial charge in [0.1, 0.15) is 0 Å². The van der Waals surface area contributed by atoms with E-state index in [-0.39, 0.29) is 11.9 Å². The third kappa shape index (κ3) is 3.29. The first-order chi connectivity index (χ1) is 9.11. The molecule has 1 fully saturated rings. The van der Waals surface area contributed by atoms with Crippen LogP contribution in [0.25, 0.3) is 0 Å². The summed E-state index contributed by atoms with van der Waals surface area (Å²) in [7, 11) is 0. The highest BCUT2D eigenvalue weighted by atomic mass is 16.3. The maximum atomic E-state index is 12.3. The van der Waals surface area contributed by atoms with Crippen LogP contribution in [0, 0.1) is 6.92 Å². The number of aliphatic hydroxyl groups excluding tert-OH is 1. The molecule has 104 valence electrons. The smallest absolute Gasteiger partial charge is 0.253 e. The van der Waals surface area contributed by atoms with Gasteiger partial charge in [-0.25, -0.2) is 0 Å². The Morgan fingerprint density at radius 1 is 1.42 bits per heavy atom. The second kappa shape index (κ2) is 6.10. The summed E-state index contributed by atoms with van der Waals surface area (Å²) in [6.45, 7) is 3.77. The Balaban J connectivity index is 2.13. The monoisotopic (exact) mass is 263 g/mol. The van der Waals surface area contributed by atoms with Gasteiger partial charge >= 0.3 is 0 Å². The van der Waals surface area contributed by atoms with Gasteiger partial charge in [0.15, 0.2) is 0 Å². The van der Waals surface area contributed by atoms with E-state index in [1.54, 1.807) is 6.07 Å². The van der Waals surface area contributed by atoms with Crippen LogP contribution in [0.4, 0.5) is 0 Å². The van der Waals surface area contributed by atoms with Gasteiger partial charge in [-0.15, -0.1) is 0 Å². The number of rotatable bonds is 3. The van der Waals surface area contributed by atoms with Crippen molar-refractivity contribution in [2.24, 2.45) is 0 Å². The molecule has 19 heavy (non-hydrogen) atoms. The Hall–Kier alpha value is -1.49. The summed E-state index contributed by atoms with van der Waals surface area (Å²) in [5, 5.41) is 20.9. The van der Waals surface area contributed by atoms with Crippen molar-refractivity contribution in [3.8, 4) is 0 Å². The number of aliphatic hydroxyl groups is 1. The summed E-state index contributed by atoms with van der Waals surface area (Å²) in [6.07, 6.45) is 3.92. The molecule has 1 aliphatic carbocycles. The van der Waals surface area contributed by atoms with Crippen LogP contribution in [0.5, 0.6) is 0 Å². The van der Waals surface area contributed by atoms with Gasteiger partial charge in [0.05, 0.1) is 29.1 Å². The highest BCUT2D eigenvalue weighted by molar-refractivity contribution is 5.95. The van der Waals surface area contributed by atoms with Crippen molar-refractivity contribution in [1.82, 2.24) is 15.5 Å². The van der Waals surface area contributed by atoms with E-state index in [1.807, 2.05) is 13.8 Å². The van der Waals surface area contributed by atoms with Crippen molar-refractivity contribution in [3.05, 3.63) is 23.0 Å². The van der Waals surface area contributed by atoms with E-state index in [2.05, 4.69) is 15.5 Å². The first-order valence-electron chi connectivity index (χ1n) is 6.94. The number of hydrogen-bond acceptors (Lipinski definition) is 4. The summed E-state index contributed by atoms with van der Waals surface area (Å²) in [4.78, 5) is 12.3. The number of nitrogens with zero attached hydrogens (tertiary/aromatic N) is 2. The van der Waals surface area contributed by atoms with Gasteiger partial charge in [0, 0.05) is 0 Å². The lowest BCUT2D eigenvalue weighted by atomic mass is 9.92. The van der Waals surface area contributed by atoms with Gasteiger partial charge in [-0.05, 0) is 32.3 Å². The van der Waals surface area contributed by atoms with E-state index in [1.165, 1.54) is 0 Å². The molecule has 0 aromatic carbocycles. The van der Waals surface area contributed by atoms with Crippen LogP contribution in [0.1, 0.15) is 54.4 Å². The Morgan fingerprint density at radius 3 is 2.84 bits per heavy atom. The van der Waals surface area contributed by atoms with Crippen molar-refractivity contribution in [2.75, 3.05) is 0 Å². The second-order valence-electron chi connectivity index (χ2n) is 5.13. The summed E-state index contributed by atoms with van der Waals surface area (Å²) >= 11 is 0. The molecule has 1 saturated carbocycles.